The summed E-state index contributed by atoms with van der Waals surface area (Å²) in [6.07, 6.45) is 17.1. The Kier molecular flexibility index (Phi) is 11.0. The summed E-state index contributed by atoms with van der Waals surface area (Å²) in [5.74, 6) is 0.469. The third kappa shape index (κ3) is 7.57. The molecule has 1 aliphatic heterocycles. The molecule has 32 heavy (non-hydrogen) atoms. The quantitative estimate of drug-likeness (QED) is 0.222. The second-order valence-electron chi connectivity index (χ2n) is 10.4. The van der Waals surface area contributed by atoms with Crippen molar-refractivity contribution in [3.05, 3.63) is 29.3 Å². The molecule has 0 aromatic heterocycles. The molecule has 181 valence electrons. The van der Waals surface area contributed by atoms with Crippen molar-refractivity contribution in [2.45, 2.75) is 121 Å². The number of benzene rings is 1. The summed E-state index contributed by atoms with van der Waals surface area (Å²) < 4.78 is 34.0. The maximum Gasteiger partial charge on any atom is 0.200 e. The Balaban J connectivity index is 1.30. The molecular formula is C28H45F2OSi. The van der Waals surface area contributed by atoms with Gasteiger partial charge in [-0.1, -0.05) is 88.9 Å². The summed E-state index contributed by atoms with van der Waals surface area (Å²) in [4.78, 5) is 0. The van der Waals surface area contributed by atoms with E-state index in [9.17, 15) is 8.78 Å². The first kappa shape index (κ1) is 25.7. The number of rotatable bonds is 12. The van der Waals surface area contributed by atoms with Gasteiger partial charge in [0.1, 0.15) is 0 Å². The minimum Gasteiger partial charge on any atom is -0.491 e. The lowest BCUT2D eigenvalue weighted by molar-refractivity contribution is 0.288. The summed E-state index contributed by atoms with van der Waals surface area (Å²) in [6, 6.07) is 8.07. The maximum absolute atomic E-state index is 14.5. The van der Waals surface area contributed by atoms with Crippen LogP contribution in [-0.4, -0.2) is 15.4 Å². The number of unbranched alkanes of at least 4 members (excludes halogenated alkanes) is 3. The molecule has 0 N–H and O–H groups in total. The van der Waals surface area contributed by atoms with E-state index in [1.807, 2.05) is 0 Å². The topological polar surface area (TPSA) is 9.23 Å². The van der Waals surface area contributed by atoms with E-state index in [-0.39, 0.29) is 20.5 Å². The Bertz CT molecular complexity index is 664. The molecule has 2 aliphatic rings. The van der Waals surface area contributed by atoms with Gasteiger partial charge in [0.15, 0.2) is 11.6 Å². The van der Waals surface area contributed by atoms with Crippen LogP contribution in [0.1, 0.15) is 109 Å². The van der Waals surface area contributed by atoms with Crippen molar-refractivity contribution in [1.82, 2.24) is 0 Å². The zero-order valence-electron chi connectivity index (χ0n) is 20.6. The largest absolute Gasteiger partial charge is 0.491 e. The molecule has 2 fully saturated rings. The standard InChI is InChI=1S/C28H45F2OSi/c1-3-5-8-19-32-20-17-23(18-21-32)10-7-6-9-22-11-13-24(14-12-22)25-15-16-26(31-4-2)28(30)27(25)29/h15-16,22-24H,3-14,17-21H2,1-2H3. The van der Waals surface area contributed by atoms with E-state index in [2.05, 4.69) is 6.92 Å². The van der Waals surface area contributed by atoms with Crippen molar-refractivity contribution in [2.24, 2.45) is 11.8 Å². The molecule has 0 amide bonds. The van der Waals surface area contributed by atoms with Crippen LogP contribution in [0.5, 0.6) is 5.75 Å². The van der Waals surface area contributed by atoms with Crippen molar-refractivity contribution in [3.8, 4) is 5.75 Å². The van der Waals surface area contributed by atoms with Crippen LogP contribution in [0.25, 0.3) is 0 Å². The average Bonchev–Trinajstić information content (AvgIpc) is 2.82. The fourth-order valence-electron chi connectivity index (χ4n) is 6.01. The van der Waals surface area contributed by atoms with E-state index in [0.29, 0.717) is 12.2 Å². The molecule has 0 atom stereocenters. The van der Waals surface area contributed by atoms with E-state index < -0.39 is 11.6 Å². The van der Waals surface area contributed by atoms with E-state index in [1.165, 1.54) is 57.8 Å². The van der Waals surface area contributed by atoms with Gasteiger partial charge in [-0.3, -0.25) is 0 Å². The normalized spacial score (nSPS) is 22.9. The number of ether oxygens (including phenoxy) is 1. The smallest absolute Gasteiger partial charge is 0.200 e. The first-order chi connectivity index (χ1) is 15.6. The lowest BCUT2D eigenvalue weighted by Crippen LogP contribution is -2.21. The van der Waals surface area contributed by atoms with E-state index in [4.69, 9.17) is 4.74 Å². The van der Waals surface area contributed by atoms with Gasteiger partial charge in [0.05, 0.1) is 6.61 Å². The molecular weight excluding hydrogens is 418 g/mol. The molecule has 0 spiro atoms. The van der Waals surface area contributed by atoms with Gasteiger partial charge >= 0.3 is 0 Å². The van der Waals surface area contributed by atoms with E-state index in [1.54, 1.807) is 37.2 Å². The molecule has 1 aromatic rings. The van der Waals surface area contributed by atoms with Gasteiger partial charge in [0, 0.05) is 8.80 Å². The first-order valence-electron chi connectivity index (χ1n) is 13.6. The Morgan fingerprint density at radius 2 is 1.47 bits per heavy atom. The monoisotopic (exact) mass is 463 g/mol. The molecule has 0 unspecified atom stereocenters. The molecule has 1 nitrogen and oxygen atoms in total. The first-order valence-corrected chi connectivity index (χ1v) is 15.7. The highest BCUT2D eigenvalue weighted by molar-refractivity contribution is 6.58. The van der Waals surface area contributed by atoms with Crippen LogP contribution in [0, 0.1) is 23.5 Å². The van der Waals surface area contributed by atoms with Crippen LogP contribution in [0.2, 0.25) is 18.1 Å². The molecule has 0 bridgehead atoms. The highest BCUT2D eigenvalue weighted by Gasteiger charge is 2.27. The summed E-state index contributed by atoms with van der Waals surface area (Å²) in [5.41, 5.74) is 0.553. The molecule has 1 aromatic carbocycles. The summed E-state index contributed by atoms with van der Waals surface area (Å²) in [5, 5.41) is 0. The third-order valence-electron chi connectivity index (χ3n) is 8.08. The van der Waals surface area contributed by atoms with Crippen LogP contribution in [-0.2, 0) is 0 Å². The van der Waals surface area contributed by atoms with Gasteiger partial charge in [-0.2, -0.15) is 4.39 Å². The summed E-state index contributed by atoms with van der Waals surface area (Å²) in [7, 11) is 0.00412. The molecule has 1 saturated heterocycles. The van der Waals surface area contributed by atoms with Crippen LogP contribution in [0.3, 0.4) is 0 Å². The van der Waals surface area contributed by atoms with Gasteiger partial charge in [0.25, 0.3) is 0 Å². The molecule has 1 aliphatic carbocycles. The van der Waals surface area contributed by atoms with Crippen LogP contribution < -0.4 is 4.74 Å². The zero-order valence-corrected chi connectivity index (χ0v) is 21.6. The summed E-state index contributed by atoms with van der Waals surface area (Å²) in [6.45, 7) is 4.44. The second kappa shape index (κ2) is 13.7. The van der Waals surface area contributed by atoms with Gasteiger partial charge in [-0.25, -0.2) is 4.39 Å². The third-order valence-corrected chi connectivity index (χ3v) is 11.1. The van der Waals surface area contributed by atoms with Gasteiger partial charge in [-0.15, -0.1) is 0 Å². The Morgan fingerprint density at radius 1 is 0.812 bits per heavy atom. The predicted octanol–water partition coefficient (Wildman–Crippen LogP) is 9.29. The Labute approximate surface area is 197 Å². The highest BCUT2D eigenvalue weighted by atomic mass is 28.3. The van der Waals surface area contributed by atoms with Crippen molar-refractivity contribution in [3.63, 3.8) is 0 Å². The van der Waals surface area contributed by atoms with E-state index in [0.717, 1.165) is 37.5 Å². The van der Waals surface area contributed by atoms with Gasteiger partial charge in [-0.05, 0) is 62.0 Å². The molecule has 1 radical (unpaired) electrons. The molecule has 1 saturated carbocycles. The Morgan fingerprint density at radius 3 is 2.09 bits per heavy atom. The fraction of sp³-hybridized carbons (Fsp3) is 0.786. The second-order valence-corrected chi connectivity index (χ2v) is 13.4. The minimum atomic E-state index is -0.816. The lowest BCUT2D eigenvalue weighted by atomic mass is 9.76. The minimum absolute atomic E-state index is 0.00412. The van der Waals surface area contributed by atoms with Gasteiger partial charge < -0.3 is 4.74 Å². The Hall–Kier alpha value is -0.903. The number of hydrogen-bond donors (Lipinski definition) is 0. The summed E-state index contributed by atoms with van der Waals surface area (Å²) >= 11 is 0. The lowest BCUT2D eigenvalue weighted by Gasteiger charge is -2.30. The van der Waals surface area contributed by atoms with Crippen molar-refractivity contribution in [2.75, 3.05) is 6.61 Å². The van der Waals surface area contributed by atoms with Crippen LogP contribution in [0.4, 0.5) is 8.78 Å². The van der Waals surface area contributed by atoms with Crippen LogP contribution >= 0.6 is 0 Å². The average molecular weight is 464 g/mol. The molecule has 4 heteroatoms. The SMILES string of the molecule is CCCCC[Si]1CCC(CCCCC2CCC(c3ccc(OCC)c(F)c3F)CC2)CC1. The zero-order chi connectivity index (χ0) is 22.8. The maximum atomic E-state index is 14.5. The van der Waals surface area contributed by atoms with Crippen molar-refractivity contribution < 1.29 is 13.5 Å². The number of hydrogen-bond acceptors (Lipinski definition) is 1. The van der Waals surface area contributed by atoms with Crippen molar-refractivity contribution >= 4 is 8.80 Å². The van der Waals surface area contributed by atoms with E-state index >= 15 is 0 Å². The van der Waals surface area contributed by atoms with Gasteiger partial charge in [0.2, 0.25) is 5.82 Å². The number of halogens is 2. The van der Waals surface area contributed by atoms with Crippen LogP contribution in [0.15, 0.2) is 12.1 Å². The fourth-order valence-corrected chi connectivity index (χ4v) is 9.14. The molecule has 1 heterocycles. The highest BCUT2D eigenvalue weighted by Crippen LogP contribution is 2.40. The molecule has 3 rings (SSSR count). The van der Waals surface area contributed by atoms with Crippen molar-refractivity contribution in [1.29, 1.82) is 0 Å². The predicted molar refractivity (Wildman–Crippen MR) is 133 cm³/mol.